The summed E-state index contributed by atoms with van der Waals surface area (Å²) in [5.41, 5.74) is 5.48. The summed E-state index contributed by atoms with van der Waals surface area (Å²) in [5.74, 6) is 1.02. The zero-order valence-corrected chi connectivity index (χ0v) is 19.4. The first-order valence-corrected chi connectivity index (χ1v) is 12.0. The van der Waals surface area contributed by atoms with Crippen molar-refractivity contribution in [2.45, 2.75) is 25.4 Å². The minimum Gasteiger partial charge on any atom is -0.325 e. The second-order valence-corrected chi connectivity index (χ2v) is 9.23. The van der Waals surface area contributed by atoms with Gasteiger partial charge in [-0.25, -0.2) is 0 Å². The zero-order chi connectivity index (χ0) is 21.8. The van der Waals surface area contributed by atoms with Crippen LogP contribution in [0.1, 0.15) is 17.4 Å². The van der Waals surface area contributed by atoms with Crippen molar-refractivity contribution in [2.24, 2.45) is 7.05 Å². The Balaban J connectivity index is 1.47. The van der Waals surface area contributed by atoms with Gasteiger partial charge in [0.05, 0.1) is 5.75 Å². The first-order valence-electron chi connectivity index (χ1n) is 10.1. The van der Waals surface area contributed by atoms with Crippen molar-refractivity contribution in [2.75, 3.05) is 11.1 Å². The van der Waals surface area contributed by atoms with E-state index in [0.717, 1.165) is 23.5 Å². The van der Waals surface area contributed by atoms with Gasteiger partial charge < -0.3 is 9.88 Å². The smallest absolute Gasteiger partial charge is 0.234 e. The predicted molar refractivity (Wildman–Crippen MR) is 130 cm³/mol. The van der Waals surface area contributed by atoms with E-state index in [1.54, 1.807) is 11.3 Å². The van der Waals surface area contributed by atoms with Gasteiger partial charge in [0, 0.05) is 34.1 Å². The van der Waals surface area contributed by atoms with Crippen molar-refractivity contribution in [3.63, 3.8) is 0 Å². The molecule has 0 spiro atoms. The molecule has 2 aromatic heterocycles. The van der Waals surface area contributed by atoms with Crippen LogP contribution in [-0.4, -0.2) is 26.4 Å². The van der Waals surface area contributed by atoms with Gasteiger partial charge in [0.25, 0.3) is 0 Å². The van der Waals surface area contributed by atoms with Crippen LogP contribution in [-0.2, 0) is 18.3 Å². The van der Waals surface area contributed by atoms with E-state index in [2.05, 4.69) is 46.9 Å². The molecule has 0 atom stereocenters. The minimum absolute atomic E-state index is 0.0600. The molecule has 0 saturated carbocycles. The summed E-state index contributed by atoms with van der Waals surface area (Å²) >= 11 is 3.10. The molecule has 4 rings (SSSR count). The Morgan fingerprint density at radius 2 is 1.84 bits per heavy atom. The number of thioether (sulfide) groups is 1. The number of nitrogens with one attached hydrogen (secondary N) is 1. The fourth-order valence-corrected chi connectivity index (χ4v) is 4.98. The van der Waals surface area contributed by atoms with Crippen LogP contribution >= 0.6 is 23.1 Å². The van der Waals surface area contributed by atoms with Crippen LogP contribution < -0.4 is 5.32 Å². The van der Waals surface area contributed by atoms with Crippen LogP contribution in [0.3, 0.4) is 0 Å². The van der Waals surface area contributed by atoms with Crippen LogP contribution in [0, 0.1) is 6.92 Å². The molecule has 0 aliphatic heterocycles. The van der Waals surface area contributed by atoms with Crippen molar-refractivity contribution < 1.29 is 4.79 Å². The highest BCUT2D eigenvalue weighted by molar-refractivity contribution is 7.99. The Morgan fingerprint density at radius 1 is 1.10 bits per heavy atom. The molecule has 7 heteroatoms. The van der Waals surface area contributed by atoms with E-state index in [0.29, 0.717) is 5.16 Å². The summed E-state index contributed by atoms with van der Waals surface area (Å²) in [5, 5.41) is 14.6. The van der Waals surface area contributed by atoms with E-state index < -0.39 is 0 Å². The molecule has 0 unspecified atom stereocenters. The molecule has 0 radical (unpaired) electrons. The van der Waals surface area contributed by atoms with Crippen molar-refractivity contribution in [1.82, 2.24) is 14.8 Å². The standard InChI is InChI=1S/C24H24N4OS2/c1-4-17-10-12-19(13-11-17)25-21(29)15-31-24-27-26-23(28(24)3)20-14-30-16(2)22(20)18-8-6-5-7-9-18/h5-14H,4,15H2,1-3H3,(H,25,29). The first kappa shape index (κ1) is 21.3. The largest absolute Gasteiger partial charge is 0.325 e. The SMILES string of the molecule is CCc1ccc(NC(=O)CSc2nnc(-c3csc(C)c3-c3ccccc3)n2C)cc1. The van der Waals surface area contributed by atoms with Crippen LogP contribution in [0.25, 0.3) is 22.5 Å². The number of amides is 1. The summed E-state index contributed by atoms with van der Waals surface area (Å²) in [4.78, 5) is 13.6. The number of benzene rings is 2. The molecule has 2 heterocycles. The predicted octanol–water partition coefficient (Wildman–Crippen LogP) is 5.81. The maximum atomic E-state index is 12.4. The maximum absolute atomic E-state index is 12.4. The molecule has 0 aliphatic carbocycles. The van der Waals surface area contributed by atoms with E-state index in [1.807, 2.05) is 54.1 Å². The van der Waals surface area contributed by atoms with Crippen LogP contribution in [0.2, 0.25) is 0 Å². The number of aromatic nitrogens is 3. The molecular formula is C24H24N4OS2. The highest BCUT2D eigenvalue weighted by Gasteiger charge is 2.19. The van der Waals surface area contributed by atoms with Crippen molar-refractivity contribution >= 4 is 34.7 Å². The highest BCUT2D eigenvalue weighted by atomic mass is 32.2. The van der Waals surface area contributed by atoms with Gasteiger partial charge in [0.15, 0.2) is 11.0 Å². The number of aryl methyl sites for hydroxylation is 2. The topological polar surface area (TPSA) is 59.8 Å². The molecule has 5 nitrogen and oxygen atoms in total. The molecule has 1 amide bonds. The van der Waals surface area contributed by atoms with E-state index in [-0.39, 0.29) is 11.7 Å². The van der Waals surface area contributed by atoms with Gasteiger partial charge >= 0.3 is 0 Å². The Kier molecular flexibility index (Phi) is 6.53. The van der Waals surface area contributed by atoms with E-state index in [9.17, 15) is 4.79 Å². The van der Waals surface area contributed by atoms with Gasteiger partial charge in [-0.15, -0.1) is 21.5 Å². The number of nitrogens with zero attached hydrogens (tertiary/aromatic N) is 3. The summed E-state index contributed by atoms with van der Waals surface area (Å²) < 4.78 is 1.96. The first-order chi connectivity index (χ1) is 15.1. The molecule has 0 aliphatic rings. The fraction of sp³-hybridized carbons (Fsp3) is 0.208. The van der Waals surface area contributed by atoms with Gasteiger partial charge in [0.1, 0.15) is 0 Å². The van der Waals surface area contributed by atoms with E-state index >= 15 is 0 Å². The lowest BCUT2D eigenvalue weighted by Gasteiger charge is -2.08. The van der Waals surface area contributed by atoms with E-state index in [1.165, 1.54) is 33.3 Å². The lowest BCUT2D eigenvalue weighted by atomic mass is 10.0. The number of thiophene rings is 1. The van der Waals surface area contributed by atoms with E-state index in [4.69, 9.17) is 0 Å². The summed E-state index contributed by atoms with van der Waals surface area (Å²) in [6.07, 6.45) is 0.980. The van der Waals surface area contributed by atoms with Gasteiger partial charge in [-0.3, -0.25) is 4.79 Å². The quantitative estimate of drug-likeness (QED) is 0.362. The molecular weight excluding hydrogens is 424 g/mol. The van der Waals surface area contributed by atoms with Gasteiger partial charge in [-0.2, -0.15) is 0 Å². The second kappa shape index (κ2) is 9.49. The molecule has 0 saturated heterocycles. The minimum atomic E-state index is -0.0600. The number of hydrogen-bond acceptors (Lipinski definition) is 5. The number of rotatable bonds is 7. The lowest BCUT2D eigenvalue weighted by Crippen LogP contribution is -2.14. The molecule has 2 aromatic carbocycles. The molecule has 31 heavy (non-hydrogen) atoms. The molecule has 1 N–H and O–H groups in total. The molecule has 158 valence electrons. The fourth-order valence-electron chi connectivity index (χ4n) is 3.41. The Morgan fingerprint density at radius 3 is 2.55 bits per heavy atom. The van der Waals surface area contributed by atoms with Crippen molar-refractivity contribution in [3.05, 3.63) is 70.4 Å². The summed E-state index contributed by atoms with van der Waals surface area (Å²) in [6.45, 7) is 4.24. The van der Waals surface area contributed by atoms with Crippen molar-refractivity contribution in [1.29, 1.82) is 0 Å². The van der Waals surface area contributed by atoms with Crippen LogP contribution in [0.4, 0.5) is 5.69 Å². The van der Waals surface area contributed by atoms with Gasteiger partial charge in [-0.05, 0) is 36.6 Å². The Bertz CT molecular complexity index is 1180. The third kappa shape index (κ3) is 4.73. The third-order valence-electron chi connectivity index (χ3n) is 5.09. The number of carbonyl (C=O) groups excluding carboxylic acids is 1. The third-order valence-corrected chi connectivity index (χ3v) is 7.02. The monoisotopic (exact) mass is 448 g/mol. The maximum Gasteiger partial charge on any atom is 0.234 e. The number of carbonyl (C=O) groups is 1. The lowest BCUT2D eigenvalue weighted by molar-refractivity contribution is -0.113. The van der Waals surface area contributed by atoms with Crippen LogP contribution in [0.15, 0.2) is 65.1 Å². The highest BCUT2D eigenvalue weighted by Crippen LogP contribution is 2.38. The Labute approximate surface area is 190 Å². The molecule has 4 aromatic rings. The zero-order valence-electron chi connectivity index (χ0n) is 17.8. The van der Waals surface area contributed by atoms with Gasteiger partial charge in [-0.1, -0.05) is 61.2 Å². The van der Waals surface area contributed by atoms with Gasteiger partial charge in [0.2, 0.25) is 5.91 Å². The molecule has 0 bridgehead atoms. The normalized spacial score (nSPS) is 10.9. The summed E-state index contributed by atoms with van der Waals surface area (Å²) in [6, 6.07) is 18.3. The molecule has 0 fully saturated rings. The number of hydrogen-bond donors (Lipinski definition) is 1. The average Bonchev–Trinajstić information content (AvgIpc) is 3.35. The second-order valence-electron chi connectivity index (χ2n) is 7.20. The number of anilines is 1. The Hall–Kier alpha value is -2.90. The van der Waals surface area contributed by atoms with Crippen LogP contribution in [0.5, 0.6) is 0 Å². The van der Waals surface area contributed by atoms with Crippen molar-refractivity contribution in [3.8, 4) is 22.5 Å². The average molecular weight is 449 g/mol. The summed E-state index contributed by atoms with van der Waals surface area (Å²) in [7, 11) is 1.95.